The predicted molar refractivity (Wildman–Crippen MR) is 87.8 cm³/mol. The van der Waals surface area contributed by atoms with Crippen LogP contribution in [0.3, 0.4) is 0 Å². The third-order valence-corrected chi connectivity index (χ3v) is 4.49. The van der Waals surface area contributed by atoms with Gasteiger partial charge in [-0.25, -0.2) is 4.98 Å². The molecule has 0 fully saturated rings. The highest BCUT2D eigenvalue weighted by Crippen LogP contribution is 2.23. The molecule has 2 nitrogen and oxygen atoms in total. The summed E-state index contributed by atoms with van der Waals surface area (Å²) in [5, 5.41) is 5.55. The molecule has 0 aliphatic carbocycles. The first-order chi connectivity index (χ1) is 9.45. The van der Waals surface area contributed by atoms with E-state index in [2.05, 4.69) is 50.1 Å². The van der Waals surface area contributed by atoms with Crippen molar-refractivity contribution in [2.45, 2.75) is 46.2 Å². The molecule has 0 bridgehead atoms. The van der Waals surface area contributed by atoms with Crippen LogP contribution in [0.15, 0.2) is 24.3 Å². The first-order valence-electron chi connectivity index (χ1n) is 6.90. The van der Waals surface area contributed by atoms with Gasteiger partial charge in [0.05, 0.1) is 10.7 Å². The molecule has 0 amide bonds. The van der Waals surface area contributed by atoms with E-state index in [4.69, 9.17) is 11.6 Å². The highest BCUT2D eigenvalue weighted by molar-refractivity contribution is 7.11. The van der Waals surface area contributed by atoms with Crippen LogP contribution in [-0.2, 0) is 6.42 Å². The van der Waals surface area contributed by atoms with E-state index in [-0.39, 0.29) is 6.04 Å². The predicted octanol–water partition coefficient (Wildman–Crippen LogP) is 4.70. The Hall–Kier alpha value is -0.900. The number of rotatable bonds is 5. The molecule has 0 aliphatic heterocycles. The number of nitrogens with one attached hydrogen (secondary N) is 1. The molecule has 0 aliphatic rings. The average molecular weight is 309 g/mol. The summed E-state index contributed by atoms with van der Waals surface area (Å²) in [4.78, 5) is 5.93. The van der Waals surface area contributed by atoms with Gasteiger partial charge in [0.25, 0.3) is 0 Å². The molecule has 0 radical (unpaired) electrons. The lowest BCUT2D eigenvalue weighted by atomic mass is 10.1. The van der Waals surface area contributed by atoms with E-state index < -0.39 is 0 Å². The SMILES string of the molecule is Cc1nc(C(C)NC(C)Cc2ccc(Cl)cc2)c(C)s1. The topological polar surface area (TPSA) is 24.9 Å². The van der Waals surface area contributed by atoms with Crippen LogP contribution in [-0.4, -0.2) is 11.0 Å². The molecule has 20 heavy (non-hydrogen) atoms. The lowest BCUT2D eigenvalue weighted by molar-refractivity contribution is 0.470. The Bertz CT molecular complexity index is 562. The van der Waals surface area contributed by atoms with E-state index in [9.17, 15) is 0 Å². The summed E-state index contributed by atoms with van der Waals surface area (Å²) < 4.78 is 0. The molecule has 0 saturated heterocycles. The molecule has 2 atom stereocenters. The van der Waals surface area contributed by atoms with E-state index in [0.717, 1.165) is 16.5 Å². The van der Waals surface area contributed by atoms with Gasteiger partial charge in [-0.05, 0) is 51.8 Å². The minimum absolute atomic E-state index is 0.280. The molecular weight excluding hydrogens is 288 g/mol. The fraction of sp³-hybridized carbons (Fsp3) is 0.438. The van der Waals surface area contributed by atoms with Crippen molar-refractivity contribution in [3.8, 4) is 0 Å². The Labute approximate surface area is 130 Å². The summed E-state index contributed by atoms with van der Waals surface area (Å²) in [6.07, 6.45) is 0.990. The zero-order chi connectivity index (χ0) is 14.7. The molecule has 108 valence electrons. The van der Waals surface area contributed by atoms with Crippen LogP contribution in [0.1, 0.15) is 41.0 Å². The maximum absolute atomic E-state index is 5.91. The van der Waals surface area contributed by atoms with Crippen LogP contribution < -0.4 is 5.32 Å². The molecule has 2 rings (SSSR count). The quantitative estimate of drug-likeness (QED) is 0.866. The van der Waals surface area contributed by atoms with Gasteiger partial charge in [-0.2, -0.15) is 0 Å². The number of benzene rings is 1. The van der Waals surface area contributed by atoms with Crippen molar-refractivity contribution < 1.29 is 0 Å². The van der Waals surface area contributed by atoms with Crippen molar-refractivity contribution >= 4 is 22.9 Å². The summed E-state index contributed by atoms with van der Waals surface area (Å²) in [6, 6.07) is 8.74. The van der Waals surface area contributed by atoms with Gasteiger partial charge in [0.1, 0.15) is 0 Å². The molecule has 1 aromatic carbocycles. The van der Waals surface area contributed by atoms with Crippen LogP contribution in [0.25, 0.3) is 0 Å². The molecule has 0 spiro atoms. The number of hydrogen-bond donors (Lipinski definition) is 1. The van der Waals surface area contributed by atoms with E-state index in [0.29, 0.717) is 6.04 Å². The second kappa shape index (κ2) is 6.70. The normalized spacial score (nSPS) is 14.2. The molecule has 1 heterocycles. The summed E-state index contributed by atoms with van der Waals surface area (Å²) in [7, 11) is 0. The van der Waals surface area contributed by atoms with Crippen LogP contribution in [0, 0.1) is 13.8 Å². The smallest absolute Gasteiger partial charge is 0.0900 e. The van der Waals surface area contributed by atoms with E-state index in [1.807, 2.05) is 12.1 Å². The Morgan fingerprint density at radius 1 is 1.20 bits per heavy atom. The van der Waals surface area contributed by atoms with Crippen molar-refractivity contribution in [3.63, 3.8) is 0 Å². The number of nitrogens with zero attached hydrogens (tertiary/aromatic N) is 1. The van der Waals surface area contributed by atoms with Crippen LogP contribution in [0.2, 0.25) is 5.02 Å². The van der Waals surface area contributed by atoms with Crippen LogP contribution in [0.5, 0.6) is 0 Å². The molecule has 1 aromatic heterocycles. The minimum atomic E-state index is 0.280. The van der Waals surface area contributed by atoms with E-state index in [1.54, 1.807) is 11.3 Å². The van der Waals surface area contributed by atoms with Gasteiger partial charge in [-0.3, -0.25) is 0 Å². The summed E-state index contributed by atoms with van der Waals surface area (Å²) in [6.45, 7) is 8.59. The largest absolute Gasteiger partial charge is 0.306 e. The van der Waals surface area contributed by atoms with Crippen molar-refractivity contribution in [3.05, 3.63) is 50.4 Å². The second-order valence-electron chi connectivity index (χ2n) is 5.29. The van der Waals surface area contributed by atoms with Gasteiger partial charge in [0.15, 0.2) is 0 Å². The first-order valence-corrected chi connectivity index (χ1v) is 8.09. The van der Waals surface area contributed by atoms with Crippen molar-refractivity contribution in [2.75, 3.05) is 0 Å². The van der Waals surface area contributed by atoms with Gasteiger partial charge in [-0.1, -0.05) is 23.7 Å². The van der Waals surface area contributed by atoms with Gasteiger partial charge in [0.2, 0.25) is 0 Å². The standard InChI is InChI=1S/C16H21ClN2S/c1-10(9-14-5-7-15(17)8-6-14)18-11(2)16-12(3)20-13(4)19-16/h5-8,10-11,18H,9H2,1-4H3. The molecule has 1 N–H and O–H groups in total. The number of halogens is 1. The Morgan fingerprint density at radius 2 is 1.85 bits per heavy atom. The molecule has 2 aromatic rings. The summed E-state index contributed by atoms with van der Waals surface area (Å²) >= 11 is 7.67. The average Bonchev–Trinajstić information content (AvgIpc) is 2.71. The first kappa shape index (κ1) is 15.5. The zero-order valence-corrected chi connectivity index (χ0v) is 14.0. The van der Waals surface area contributed by atoms with Gasteiger partial charge < -0.3 is 5.32 Å². The molecular formula is C16H21ClN2S. The fourth-order valence-electron chi connectivity index (χ4n) is 2.49. The summed E-state index contributed by atoms with van der Waals surface area (Å²) in [5.74, 6) is 0. The maximum Gasteiger partial charge on any atom is 0.0900 e. The highest BCUT2D eigenvalue weighted by atomic mass is 35.5. The number of thiazole rings is 1. The third-order valence-electron chi connectivity index (χ3n) is 3.34. The number of hydrogen-bond acceptors (Lipinski definition) is 3. The highest BCUT2D eigenvalue weighted by Gasteiger charge is 2.15. The Morgan fingerprint density at radius 3 is 2.40 bits per heavy atom. The molecule has 0 saturated carbocycles. The number of aryl methyl sites for hydroxylation is 2. The lowest BCUT2D eigenvalue weighted by Crippen LogP contribution is -2.31. The minimum Gasteiger partial charge on any atom is -0.306 e. The fourth-order valence-corrected chi connectivity index (χ4v) is 3.53. The Balaban J connectivity index is 1.95. The molecule has 4 heteroatoms. The van der Waals surface area contributed by atoms with E-state index in [1.165, 1.54) is 16.1 Å². The summed E-state index contributed by atoms with van der Waals surface area (Å²) in [5.41, 5.74) is 2.48. The Kier molecular flexibility index (Phi) is 5.19. The van der Waals surface area contributed by atoms with Crippen LogP contribution >= 0.6 is 22.9 Å². The zero-order valence-electron chi connectivity index (χ0n) is 12.4. The van der Waals surface area contributed by atoms with Gasteiger partial charge in [-0.15, -0.1) is 11.3 Å². The third kappa shape index (κ3) is 4.05. The van der Waals surface area contributed by atoms with Crippen molar-refractivity contribution in [1.82, 2.24) is 10.3 Å². The van der Waals surface area contributed by atoms with Gasteiger partial charge >= 0.3 is 0 Å². The van der Waals surface area contributed by atoms with Crippen molar-refractivity contribution in [1.29, 1.82) is 0 Å². The monoisotopic (exact) mass is 308 g/mol. The van der Waals surface area contributed by atoms with Gasteiger partial charge in [0, 0.05) is 22.0 Å². The van der Waals surface area contributed by atoms with Crippen molar-refractivity contribution in [2.24, 2.45) is 0 Å². The number of aromatic nitrogens is 1. The second-order valence-corrected chi connectivity index (χ2v) is 7.14. The lowest BCUT2D eigenvalue weighted by Gasteiger charge is -2.19. The molecule has 2 unspecified atom stereocenters. The van der Waals surface area contributed by atoms with E-state index >= 15 is 0 Å². The maximum atomic E-state index is 5.91. The van der Waals surface area contributed by atoms with Crippen LogP contribution in [0.4, 0.5) is 0 Å².